The van der Waals surface area contributed by atoms with Crippen LogP contribution in [-0.4, -0.2) is 25.8 Å². The fourth-order valence-corrected chi connectivity index (χ4v) is 4.82. The minimum Gasteiger partial charge on any atom is -0.477 e. The number of nitrogens with zero attached hydrogens (tertiary/aromatic N) is 4. The average Bonchev–Trinajstić information content (AvgIpc) is 3.26. The molecule has 0 atom stereocenters. The van der Waals surface area contributed by atoms with Crippen LogP contribution in [0.15, 0.2) is 71.9 Å². The fraction of sp³-hybridized carbons (Fsp3) is 0.0833. The molecule has 37 heavy (non-hydrogen) atoms. The molecule has 0 aliphatic heterocycles. The van der Waals surface area contributed by atoms with Gasteiger partial charge in [0, 0.05) is 29.6 Å². The lowest BCUT2D eigenvalue weighted by Gasteiger charge is -2.14. The van der Waals surface area contributed by atoms with Gasteiger partial charge in [-0.15, -0.1) is 24.5 Å². The van der Waals surface area contributed by atoms with Crippen molar-refractivity contribution in [2.45, 2.75) is 12.9 Å². The van der Waals surface area contributed by atoms with E-state index in [4.69, 9.17) is 11.6 Å². The van der Waals surface area contributed by atoms with E-state index in [2.05, 4.69) is 14.7 Å². The lowest BCUT2D eigenvalue weighted by atomic mass is 10.00. The Morgan fingerprint density at radius 2 is 1.84 bits per heavy atom. The van der Waals surface area contributed by atoms with Crippen molar-refractivity contribution in [3.8, 4) is 33.9 Å². The predicted octanol–water partition coefficient (Wildman–Crippen LogP) is 5.22. The molecule has 5 rings (SSSR count). The summed E-state index contributed by atoms with van der Waals surface area (Å²) in [7, 11) is 0. The Bertz CT molecular complexity index is 1690. The zero-order valence-corrected chi connectivity index (χ0v) is 20.0. The Morgan fingerprint density at radius 3 is 2.51 bits per heavy atom. The molecule has 188 valence electrons. The molecule has 0 saturated carbocycles. The van der Waals surface area contributed by atoms with E-state index in [0.717, 1.165) is 24.4 Å². The molecule has 4 heterocycles. The summed E-state index contributed by atoms with van der Waals surface area (Å²) in [5.74, 6) is -1.91. The van der Waals surface area contributed by atoms with Crippen molar-refractivity contribution < 1.29 is 32.0 Å². The molecule has 1 N–H and O–H groups in total. The molecule has 1 aromatic carbocycles. The van der Waals surface area contributed by atoms with E-state index >= 15 is 0 Å². The summed E-state index contributed by atoms with van der Waals surface area (Å²) in [4.78, 5) is 21.7. The molecule has 0 unspecified atom stereocenters. The maximum absolute atomic E-state index is 13.5. The summed E-state index contributed by atoms with van der Waals surface area (Å²) in [6, 6.07) is 10.7. The maximum Gasteiger partial charge on any atom is 0.573 e. The molecule has 7 nitrogen and oxygen atoms in total. The summed E-state index contributed by atoms with van der Waals surface area (Å²) in [5.41, 5.74) is -0.269. The van der Waals surface area contributed by atoms with Gasteiger partial charge in [-0.1, -0.05) is 17.7 Å². The van der Waals surface area contributed by atoms with Crippen molar-refractivity contribution in [2.75, 3.05) is 0 Å². The first-order valence-electron chi connectivity index (χ1n) is 10.5. The second kappa shape index (κ2) is 9.45. The lowest BCUT2D eigenvalue weighted by molar-refractivity contribution is -0.671. The van der Waals surface area contributed by atoms with Gasteiger partial charge in [0.15, 0.2) is 10.0 Å². The number of benzene rings is 1. The van der Waals surface area contributed by atoms with E-state index in [0.29, 0.717) is 10.5 Å². The molecule has 0 aliphatic rings. The summed E-state index contributed by atoms with van der Waals surface area (Å²) < 4.78 is 59.8. The molecule has 0 fully saturated rings. The third-order valence-corrected chi connectivity index (χ3v) is 6.46. The van der Waals surface area contributed by atoms with Gasteiger partial charge in [0.2, 0.25) is 5.95 Å². The second-order valence-electron chi connectivity index (χ2n) is 7.76. The Morgan fingerprint density at radius 1 is 1.05 bits per heavy atom. The lowest BCUT2D eigenvalue weighted by Crippen LogP contribution is -2.41. The topological polar surface area (TPSA) is 80.6 Å². The van der Waals surface area contributed by atoms with Crippen LogP contribution in [0.5, 0.6) is 11.6 Å². The largest absolute Gasteiger partial charge is 0.573 e. The summed E-state index contributed by atoms with van der Waals surface area (Å²) in [5, 5.41) is 11.3. The van der Waals surface area contributed by atoms with Gasteiger partial charge in [-0.2, -0.15) is 13.4 Å². The predicted molar refractivity (Wildman–Crippen MR) is 127 cm³/mol. The van der Waals surface area contributed by atoms with Crippen LogP contribution in [0.25, 0.3) is 27.9 Å². The van der Waals surface area contributed by atoms with E-state index in [1.165, 1.54) is 44.8 Å². The first-order valence-corrected chi connectivity index (χ1v) is 11.7. The van der Waals surface area contributed by atoms with Crippen LogP contribution in [0.1, 0.15) is 4.88 Å². The first kappa shape index (κ1) is 24.7. The van der Waals surface area contributed by atoms with Crippen LogP contribution >= 0.6 is 22.9 Å². The zero-order chi connectivity index (χ0) is 26.3. The zero-order valence-electron chi connectivity index (χ0n) is 18.4. The molecular formula is C24H14ClF4N4O3S+. The van der Waals surface area contributed by atoms with Gasteiger partial charge in [-0.25, -0.2) is 14.8 Å². The van der Waals surface area contributed by atoms with E-state index in [9.17, 15) is 27.5 Å². The second-order valence-corrected chi connectivity index (χ2v) is 9.46. The molecule has 0 amide bonds. The number of alkyl halides is 3. The van der Waals surface area contributed by atoms with Gasteiger partial charge >= 0.3 is 11.9 Å². The summed E-state index contributed by atoms with van der Waals surface area (Å²) in [6.07, 6.45) is -0.909. The number of pyridine rings is 2. The summed E-state index contributed by atoms with van der Waals surface area (Å²) >= 11 is 7.11. The van der Waals surface area contributed by atoms with Crippen LogP contribution in [0.2, 0.25) is 4.47 Å². The number of aromatic nitrogens is 4. The van der Waals surface area contributed by atoms with E-state index in [-0.39, 0.29) is 33.3 Å². The Kier molecular flexibility index (Phi) is 6.30. The molecule has 5 aromatic rings. The highest BCUT2D eigenvalue weighted by atomic mass is 35.5. The summed E-state index contributed by atoms with van der Waals surface area (Å²) in [6.45, 7) is 0.0739. The van der Waals surface area contributed by atoms with E-state index < -0.39 is 29.5 Å². The Labute approximate surface area is 214 Å². The van der Waals surface area contributed by atoms with Gasteiger partial charge < -0.3 is 9.84 Å². The van der Waals surface area contributed by atoms with Gasteiger partial charge in [0.1, 0.15) is 12.3 Å². The minimum atomic E-state index is -5.03. The van der Waals surface area contributed by atoms with Gasteiger partial charge in [0.05, 0.1) is 11.1 Å². The van der Waals surface area contributed by atoms with E-state index in [1.807, 2.05) is 0 Å². The molecule has 0 bridgehead atoms. The normalized spacial score (nSPS) is 11.7. The third kappa shape index (κ3) is 5.11. The number of halogens is 5. The number of thiazole rings is 1. The van der Waals surface area contributed by atoms with Crippen molar-refractivity contribution in [1.82, 2.24) is 14.4 Å². The molecule has 0 radical (unpaired) electrons. The minimum absolute atomic E-state index is 0.0575. The maximum atomic E-state index is 13.5. The highest BCUT2D eigenvalue weighted by molar-refractivity contribution is 7.15. The van der Waals surface area contributed by atoms with Gasteiger partial charge in [-0.3, -0.25) is 0 Å². The van der Waals surface area contributed by atoms with Gasteiger partial charge in [0.25, 0.3) is 11.5 Å². The number of fused-ring (bicyclic) bond motifs is 1. The smallest absolute Gasteiger partial charge is 0.477 e. The van der Waals surface area contributed by atoms with Crippen molar-refractivity contribution in [3.63, 3.8) is 0 Å². The molecule has 13 heteroatoms. The average molecular weight is 550 g/mol. The standard InChI is InChI=1S/C24H13ClF4N4O3S/c25-23-31-11-17(37-23)12-33-19-3-1-2-6-32(19)21(34)20(22(33)35)15-7-14(13-4-5-18(26)30-10-13)8-16(9-15)36-24(27,28)29/h1-11H,12H2/p+1. The number of rotatable bonds is 5. The molecule has 0 saturated heterocycles. The van der Waals surface area contributed by atoms with Crippen LogP contribution < -0.4 is 14.9 Å². The number of hydrogen-bond donors (Lipinski definition) is 1. The van der Waals surface area contributed by atoms with Gasteiger partial charge in [-0.05, 0) is 42.0 Å². The monoisotopic (exact) mass is 549 g/mol. The highest BCUT2D eigenvalue weighted by Gasteiger charge is 2.32. The Hall–Kier alpha value is -4.03. The van der Waals surface area contributed by atoms with Crippen molar-refractivity contribution >= 4 is 28.6 Å². The first-order chi connectivity index (χ1) is 17.6. The SMILES string of the molecule is O=c1c(-c2cc(OC(F)(F)F)cc(-c3ccc(F)nc3)c2)c(O)[n+](Cc2cnc(Cl)s2)c2ccccn12. The fourth-order valence-electron chi connectivity index (χ4n) is 3.86. The van der Waals surface area contributed by atoms with Crippen LogP contribution in [0, 0.1) is 5.95 Å². The Balaban J connectivity index is 1.77. The molecular weight excluding hydrogens is 536 g/mol. The molecule has 0 aliphatic carbocycles. The van der Waals surface area contributed by atoms with Crippen molar-refractivity contribution in [2.24, 2.45) is 0 Å². The third-order valence-electron chi connectivity index (χ3n) is 5.36. The number of hydrogen-bond acceptors (Lipinski definition) is 6. The molecule has 4 aromatic heterocycles. The van der Waals surface area contributed by atoms with Crippen LogP contribution in [0.3, 0.4) is 0 Å². The van der Waals surface area contributed by atoms with Crippen molar-refractivity contribution in [3.05, 3.63) is 92.8 Å². The van der Waals surface area contributed by atoms with E-state index in [1.54, 1.807) is 18.2 Å². The highest BCUT2D eigenvalue weighted by Crippen LogP contribution is 2.35. The van der Waals surface area contributed by atoms with Crippen LogP contribution in [0.4, 0.5) is 17.6 Å². The van der Waals surface area contributed by atoms with Crippen molar-refractivity contribution in [1.29, 1.82) is 0 Å². The quantitative estimate of drug-likeness (QED) is 0.185. The molecule has 0 spiro atoms. The number of ether oxygens (including phenoxy) is 1. The number of aromatic hydroxyl groups is 1. The van der Waals surface area contributed by atoms with Crippen LogP contribution in [-0.2, 0) is 6.54 Å².